The van der Waals surface area contributed by atoms with Crippen molar-refractivity contribution in [3.8, 4) is 5.75 Å². The summed E-state index contributed by atoms with van der Waals surface area (Å²) in [7, 11) is -2.07. The van der Waals surface area contributed by atoms with E-state index >= 15 is 0 Å². The van der Waals surface area contributed by atoms with Crippen molar-refractivity contribution in [3.63, 3.8) is 0 Å². The molecular weight excluding hydrogens is 340 g/mol. The number of hydrogen-bond donors (Lipinski definition) is 0. The first-order valence-corrected chi connectivity index (χ1v) is 9.03. The predicted octanol–water partition coefficient (Wildman–Crippen LogP) is 1.97. The fourth-order valence-corrected chi connectivity index (χ4v) is 4.50. The predicted molar refractivity (Wildman–Crippen MR) is 85.1 cm³/mol. The molecule has 0 amide bonds. The summed E-state index contributed by atoms with van der Waals surface area (Å²) in [6.07, 6.45) is 4.61. The number of sulfonamides is 1. The SMILES string of the molecule is COc1ccc(S(=O)(=O)N2CCC(n3nccn3)CC2)cc1Cl. The van der Waals surface area contributed by atoms with Crippen LogP contribution in [0.15, 0.2) is 35.5 Å². The number of nitrogens with zero attached hydrogens (tertiary/aromatic N) is 4. The Bertz CT molecular complexity index is 771. The van der Waals surface area contributed by atoms with Gasteiger partial charge in [0.1, 0.15) is 5.75 Å². The molecule has 0 radical (unpaired) electrons. The normalized spacial score (nSPS) is 17.3. The maximum atomic E-state index is 12.7. The highest BCUT2D eigenvalue weighted by molar-refractivity contribution is 7.89. The van der Waals surface area contributed by atoms with Crippen LogP contribution in [0.4, 0.5) is 0 Å². The first-order valence-electron chi connectivity index (χ1n) is 7.22. The maximum Gasteiger partial charge on any atom is 0.243 e. The fourth-order valence-electron chi connectivity index (χ4n) is 2.68. The Morgan fingerprint density at radius 1 is 1.22 bits per heavy atom. The summed E-state index contributed by atoms with van der Waals surface area (Å²) in [5.74, 6) is 0.453. The first-order chi connectivity index (χ1) is 11.0. The van der Waals surface area contributed by atoms with E-state index in [-0.39, 0.29) is 16.0 Å². The van der Waals surface area contributed by atoms with Crippen LogP contribution in [0.1, 0.15) is 18.9 Å². The van der Waals surface area contributed by atoms with E-state index in [2.05, 4.69) is 10.2 Å². The van der Waals surface area contributed by atoms with Gasteiger partial charge in [0.25, 0.3) is 0 Å². The van der Waals surface area contributed by atoms with E-state index in [1.54, 1.807) is 23.3 Å². The van der Waals surface area contributed by atoms with E-state index in [4.69, 9.17) is 16.3 Å². The average molecular weight is 357 g/mol. The van der Waals surface area contributed by atoms with Gasteiger partial charge in [-0.2, -0.15) is 19.3 Å². The van der Waals surface area contributed by atoms with Crippen LogP contribution in [0.2, 0.25) is 5.02 Å². The van der Waals surface area contributed by atoms with Gasteiger partial charge in [0.15, 0.2) is 0 Å². The number of ether oxygens (including phenoxy) is 1. The van der Waals surface area contributed by atoms with Crippen molar-refractivity contribution in [3.05, 3.63) is 35.6 Å². The molecule has 23 heavy (non-hydrogen) atoms. The Labute approximate surface area is 139 Å². The van der Waals surface area contributed by atoms with Crippen molar-refractivity contribution in [2.45, 2.75) is 23.8 Å². The highest BCUT2D eigenvalue weighted by Gasteiger charge is 2.30. The second-order valence-electron chi connectivity index (χ2n) is 5.28. The topological polar surface area (TPSA) is 77.3 Å². The van der Waals surface area contributed by atoms with Crippen LogP contribution in [-0.2, 0) is 10.0 Å². The van der Waals surface area contributed by atoms with E-state index in [0.717, 1.165) is 0 Å². The van der Waals surface area contributed by atoms with Gasteiger partial charge >= 0.3 is 0 Å². The molecule has 3 rings (SSSR count). The molecule has 1 aliphatic heterocycles. The summed E-state index contributed by atoms with van der Waals surface area (Å²) >= 11 is 6.04. The zero-order chi connectivity index (χ0) is 16.4. The molecule has 0 saturated carbocycles. The summed E-state index contributed by atoms with van der Waals surface area (Å²) in [5, 5.41) is 8.53. The molecule has 0 bridgehead atoms. The van der Waals surface area contributed by atoms with Gasteiger partial charge in [-0.15, -0.1) is 0 Å². The zero-order valence-corrected chi connectivity index (χ0v) is 14.2. The molecule has 0 aliphatic carbocycles. The summed E-state index contributed by atoms with van der Waals surface area (Å²) in [5.41, 5.74) is 0. The van der Waals surface area contributed by atoms with Crippen molar-refractivity contribution in [1.29, 1.82) is 0 Å². The average Bonchev–Trinajstić information content (AvgIpc) is 3.09. The van der Waals surface area contributed by atoms with Gasteiger partial charge in [-0.3, -0.25) is 0 Å². The monoisotopic (exact) mass is 356 g/mol. The minimum Gasteiger partial charge on any atom is -0.495 e. The molecule has 1 saturated heterocycles. The maximum absolute atomic E-state index is 12.7. The number of piperidine rings is 1. The summed E-state index contributed by atoms with van der Waals surface area (Å²) in [4.78, 5) is 1.83. The summed E-state index contributed by atoms with van der Waals surface area (Å²) in [6.45, 7) is 0.858. The van der Waals surface area contributed by atoms with Crippen molar-refractivity contribution in [2.24, 2.45) is 0 Å². The molecule has 7 nitrogen and oxygen atoms in total. The Balaban J connectivity index is 1.75. The largest absolute Gasteiger partial charge is 0.495 e. The van der Waals surface area contributed by atoms with Crippen LogP contribution >= 0.6 is 11.6 Å². The molecular formula is C14H17ClN4O3S. The third kappa shape index (κ3) is 3.19. The van der Waals surface area contributed by atoms with E-state index in [1.165, 1.54) is 23.5 Å². The summed E-state index contributed by atoms with van der Waals surface area (Å²) < 4.78 is 32.0. The number of rotatable bonds is 4. The van der Waals surface area contributed by atoms with E-state index in [1.807, 2.05) is 0 Å². The third-order valence-corrected chi connectivity index (χ3v) is 6.14. The molecule has 9 heteroatoms. The highest BCUT2D eigenvalue weighted by Crippen LogP contribution is 2.30. The lowest BCUT2D eigenvalue weighted by Crippen LogP contribution is -2.39. The van der Waals surface area contributed by atoms with E-state index in [0.29, 0.717) is 31.7 Å². The van der Waals surface area contributed by atoms with Crippen LogP contribution < -0.4 is 4.74 Å². The zero-order valence-electron chi connectivity index (χ0n) is 12.6. The Morgan fingerprint density at radius 3 is 2.43 bits per heavy atom. The smallest absolute Gasteiger partial charge is 0.243 e. The van der Waals surface area contributed by atoms with Crippen LogP contribution in [0, 0.1) is 0 Å². The highest BCUT2D eigenvalue weighted by atomic mass is 35.5. The molecule has 1 aliphatic rings. The number of hydrogen-bond acceptors (Lipinski definition) is 5. The Morgan fingerprint density at radius 2 is 1.87 bits per heavy atom. The Kier molecular flexibility index (Phi) is 4.56. The molecule has 1 aromatic heterocycles. The third-order valence-electron chi connectivity index (χ3n) is 3.95. The number of benzene rings is 1. The van der Waals surface area contributed by atoms with Gasteiger partial charge in [0, 0.05) is 13.1 Å². The Hall–Kier alpha value is -1.64. The lowest BCUT2D eigenvalue weighted by Gasteiger charge is -2.30. The van der Waals surface area contributed by atoms with Crippen molar-refractivity contribution < 1.29 is 13.2 Å². The van der Waals surface area contributed by atoms with Gasteiger partial charge in [0.2, 0.25) is 10.0 Å². The van der Waals surface area contributed by atoms with Crippen molar-refractivity contribution in [1.82, 2.24) is 19.3 Å². The summed E-state index contributed by atoms with van der Waals surface area (Å²) in [6, 6.07) is 4.64. The number of aromatic nitrogens is 3. The van der Waals surface area contributed by atoms with Crippen molar-refractivity contribution in [2.75, 3.05) is 20.2 Å². The molecule has 1 aromatic carbocycles. The van der Waals surface area contributed by atoms with Crippen LogP contribution in [0.25, 0.3) is 0 Å². The lowest BCUT2D eigenvalue weighted by atomic mass is 10.1. The van der Waals surface area contributed by atoms with Gasteiger partial charge in [-0.25, -0.2) is 8.42 Å². The fraction of sp³-hybridized carbons (Fsp3) is 0.429. The minimum atomic E-state index is -3.56. The number of methoxy groups -OCH3 is 1. The first kappa shape index (κ1) is 16.2. The molecule has 0 atom stereocenters. The second-order valence-corrected chi connectivity index (χ2v) is 7.63. The molecule has 2 aromatic rings. The van der Waals surface area contributed by atoms with Gasteiger partial charge in [0.05, 0.1) is 35.5 Å². The molecule has 0 N–H and O–H groups in total. The molecule has 0 spiro atoms. The number of halogens is 1. The van der Waals surface area contributed by atoms with Crippen LogP contribution in [-0.4, -0.2) is 47.9 Å². The minimum absolute atomic E-state index is 0.135. The standard InChI is InChI=1S/C14H17ClN4O3S/c1-22-14-3-2-12(10-13(14)15)23(20,21)18-8-4-11(5-9-18)19-16-6-7-17-19/h2-3,6-7,10-11H,4-5,8-9H2,1H3. The van der Waals surface area contributed by atoms with Crippen LogP contribution in [0.3, 0.4) is 0 Å². The van der Waals surface area contributed by atoms with Crippen LogP contribution in [0.5, 0.6) is 5.75 Å². The van der Waals surface area contributed by atoms with E-state index < -0.39 is 10.0 Å². The van der Waals surface area contributed by atoms with Gasteiger partial charge in [-0.05, 0) is 31.0 Å². The van der Waals surface area contributed by atoms with Crippen molar-refractivity contribution >= 4 is 21.6 Å². The molecule has 2 heterocycles. The molecule has 124 valence electrons. The molecule has 0 unspecified atom stereocenters. The quantitative estimate of drug-likeness (QED) is 0.837. The lowest BCUT2D eigenvalue weighted by molar-refractivity contribution is 0.245. The van der Waals surface area contributed by atoms with E-state index in [9.17, 15) is 8.42 Å². The molecule has 1 fully saturated rings. The second kappa shape index (κ2) is 6.46. The van der Waals surface area contributed by atoms with Gasteiger partial charge < -0.3 is 4.74 Å². The van der Waals surface area contributed by atoms with Gasteiger partial charge in [-0.1, -0.05) is 11.6 Å².